The predicted molar refractivity (Wildman–Crippen MR) is 91.7 cm³/mol. The van der Waals surface area contributed by atoms with E-state index < -0.39 is 10.0 Å². The van der Waals surface area contributed by atoms with E-state index in [9.17, 15) is 8.42 Å². The van der Waals surface area contributed by atoms with Crippen molar-refractivity contribution in [1.29, 1.82) is 0 Å². The number of nitrogens with one attached hydrogen (secondary N) is 1. The summed E-state index contributed by atoms with van der Waals surface area (Å²) >= 11 is 0. The maximum absolute atomic E-state index is 11.3. The summed E-state index contributed by atoms with van der Waals surface area (Å²) < 4.78 is 30.5. The van der Waals surface area contributed by atoms with E-state index in [0.717, 1.165) is 29.9 Å². The van der Waals surface area contributed by atoms with Crippen molar-refractivity contribution in [3.8, 4) is 5.75 Å². The minimum atomic E-state index is -3.27. The van der Waals surface area contributed by atoms with Gasteiger partial charge in [-0.2, -0.15) is 0 Å². The highest BCUT2D eigenvalue weighted by atomic mass is 32.2. The van der Waals surface area contributed by atoms with Crippen LogP contribution in [0.5, 0.6) is 5.75 Å². The Morgan fingerprint density at radius 2 is 2.00 bits per heavy atom. The fourth-order valence-corrected chi connectivity index (χ4v) is 3.51. The van der Waals surface area contributed by atoms with Crippen LogP contribution in [-0.2, 0) is 10.0 Å². The van der Waals surface area contributed by atoms with E-state index >= 15 is 0 Å². The van der Waals surface area contributed by atoms with Gasteiger partial charge in [0.25, 0.3) is 0 Å². The summed E-state index contributed by atoms with van der Waals surface area (Å²) in [6.07, 6.45) is 13.1. The molecule has 1 aliphatic carbocycles. The molecule has 1 aliphatic rings. The van der Waals surface area contributed by atoms with E-state index in [1.54, 1.807) is 25.3 Å². The lowest BCUT2D eigenvalue weighted by Crippen LogP contribution is -2.09. The van der Waals surface area contributed by atoms with Crippen LogP contribution in [0.15, 0.2) is 24.3 Å². The first kappa shape index (κ1) is 16.9. The molecule has 4 nitrogen and oxygen atoms in total. The largest absolute Gasteiger partial charge is 0.496 e. The highest BCUT2D eigenvalue weighted by molar-refractivity contribution is 7.92. The number of benzene rings is 1. The Morgan fingerprint density at radius 3 is 2.64 bits per heavy atom. The summed E-state index contributed by atoms with van der Waals surface area (Å²) in [5.74, 6) is 1.53. The molecule has 0 aliphatic heterocycles. The van der Waals surface area contributed by atoms with Crippen LogP contribution in [0, 0.1) is 5.92 Å². The molecular weight excluding hydrogens is 298 g/mol. The second kappa shape index (κ2) is 7.68. The first-order valence-electron chi connectivity index (χ1n) is 7.80. The molecule has 0 bridgehead atoms. The monoisotopic (exact) mass is 323 g/mol. The smallest absolute Gasteiger partial charge is 0.229 e. The van der Waals surface area contributed by atoms with Gasteiger partial charge in [0.2, 0.25) is 10.0 Å². The van der Waals surface area contributed by atoms with Crippen molar-refractivity contribution < 1.29 is 13.2 Å². The van der Waals surface area contributed by atoms with Gasteiger partial charge in [-0.25, -0.2) is 8.42 Å². The average molecular weight is 323 g/mol. The summed E-state index contributed by atoms with van der Waals surface area (Å²) in [4.78, 5) is 0. The average Bonchev–Trinajstić information content (AvgIpc) is 2.47. The van der Waals surface area contributed by atoms with Gasteiger partial charge in [-0.3, -0.25) is 4.72 Å². The normalized spacial score (nSPS) is 16.8. The Labute approximate surface area is 133 Å². The number of sulfonamides is 1. The summed E-state index contributed by atoms with van der Waals surface area (Å²) in [5.41, 5.74) is 1.45. The van der Waals surface area contributed by atoms with Crippen LogP contribution < -0.4 is 9.46 Å². The van der Waals surface area contributed by atoms with Gasteiger partial charge in [-0.05, 0) is 30.5 Å². The van der Waals surface area contributed by atoms with Gasteiger partial charge in [0.05, 0.1) is 13.4 Å². The summed E-state index contributed by atoms with van der Waals surface area (Å²) in [5, 5.41) is 0. The minimum absolute atomic E-state index is 0.556. The quantitative estimate of drug-likeness (QED) is 0.859. The molecule has 0 saturated heterocycles. The van der Waals surface area contributed by atoms with Crippen molar-refractivity contribution in [2.24, 2.45) is 5.92 Å². The van der Waals surface area contributed by atoms with Gasteiger partial charge in [-0.1, -0.05) is 44.3 Å². The molecule has 0 amide bonds. The van der Waals surface area contributed by atoms with Gasteiger partial charge >= 0.3 is 0 Å². The Bertz CT molecular complexity index is 617. The molecule has 1 aromatic rings. The van der Waals surface area contributed by atoms with Crippen molar-refractivity contribution in [1.82, 2.24) is 0 Å². The number of anilines is 1. The van der Waals surface area contributed by atoms with Gasteiger partial charge in [0.1, 0.15) is 5.75 Å². The standard InChI is InChI=1S/C17H25NO3S/c1-21-17-12-11-16(18-22(2,19)20)13-15(17)10-6-9-14-7-4-3-5-8-14/h6,10-14,18H,3-5,7-9H2,1-2H3/b10-6+. The highest BCUT2D eigenvalue weighted by Crippen LogP contribution is 2.28. The first-order chi connectivity index (χ1) is 10.5. The zero-order valence-electron chi connectivity index (χ0n) is 13.3. The van der Waals surface area contributed by atoms with E-state index in [0.29, 0.717) is 5.69 Å². The van der Waals surface area contributed by atoms with Crippen LogP contribution in [0.4, 0.5) is 5.69 Å². The van der Waals surface area contributed by atoms with Crippen molar-refractivity contribution in [3.05, 3.63) is 29.8 Å². The molecule has 1 aromatic carbocycles. The van der Waals surface area contributed by atoms with E-state index in [4.69, 9.17) is 4.74 Å². The van der Waals surface area contributed by atoms with Crippen LogP contribution in [-0.4, -0.2) is 21.8 Å². The Balaban J connectivity index is 2.08. The summed E-state index contributed by atoms with van der Waals surface area (Å²) in [6, 6.07) is 5.30. The minimum Gasteiger partial charge on any atom is -0.496 e. The van der Waals surface area contributed by atoms with Crippen LogP contribution in [0.1, 0.15) is 44.1 Å². The topological polar surface area (TPSA) is 55.4 Å². The third-order valence-electron chi connectivity index (χ3n) is 4.02. The summed E-state index contributed by atoms with van der Waals surface area (Å²) in [7, 11) is -1.64. The van der Waals surface area contributed by atoms with Crippen molar-refractivity contribution in [2.45, 2.75) is 38.5 Å². The second-order valence-electron chi connectivity index (χ2n) is 5.97. The number of hydrogen-bond acceptors (Lipinski definition) is 3. The number of methoxy groups -OCH3 is 1. The third kappa shape index (κ3) is 5.37. The van der Waals surface area contributed by atoms with Crippen LogP contribution in [0.25, 0.3) is 6.08 Å². The zero-order chi connectivity index (χ0) is 16.0. The second-order valence-corrected chi connectivity index (χ2v) is 7.72. The van der Waals surface area contributed by atoms with E-state index in [1.165, 1.54) is 32.1 Å². The zero-order valence-corrected chi connectivity index (χ0v) is 14.2. The predicted octanol–water partition coefficient (Wildman–Crippen LogP) is 4.05. The molecule has 22 heavy (non-hydrogen) atoms. The Hall–Kier alpha value is -1.49. The lowest BCUT2D eigenvalue weighted by Gasteiger charge is -2.19. The van der Waals surface area contributed by atoms with Crippen molar-refractivity contribution in [2.75, 3.05) is 18.1 Å². The lowest BCUT2D eigenvalue weighted by molar-refractivity contribution is 0.362. The van der Waals surface area contributed by atoms with Gasteiger partial charge < -0.3 is 4.74 Å². The van der Waals surface area contributed by atoms with Gasteiger partial charge in [-0.15, -0.1) is 0 Å². The first-order valence-corrected chi connectivity index (χ1v) is 9.69. The fourth-order valence-electron chi connectivity index (χ4n) is 2.95. The van der Waals surface area contributed by atoms with Gasteiger partial charge in [0.15, 0.2) is 0 Å². The van der Waals surface area contributed by atoms with Crippen LogP contribution in [0.3, 0.4) is 0 Å². The maximum Gasteiger partial charge on any atom is 0.229 e. The Morgan fingerprint density at radius 1 is 1.27 bits per heavy atom. The highest BCUT2D eigenvalue weighted by Gasteiger charge is 2.11. The van der Waals surface area contributed by atoms with Crippen LogP contribution in [0.2, 0.25) is 0 Å². The molecule has 122 valence electrons. The van der Waals surface area contributed by atoms with Crippen molar-refractivity contribution in [3.63, 3.8) is 0 Å². The molecule has 2 rings (SSSR count). The summed E-state index contributed by atoms with van der Waals surface area (Å²) in [6.45, 7) is 0. The number of hydrogen-bond donors (Lipinski definition) is 1. The van der Waals surface area contributed by atoms with Crippen molar-refractivity contribution >= 4 is 21.8 Å². The van der Waals surface area contributed by atoms with E-state index in [-0.39, 0.29) is 0 Å². The van der Waals surface area contributed by atoms with E-state index in [1.807, 2.05) is 6.08 Å². The van der Waals surface area contributed by atoms with Crippen LogP contribution >= 0.6 is 0 Å². The molecule has 1 saturated carbocycles. The SMILES string of the molecule is COc1ccc(NS(C)(=O)=O)cc1/C=C/CC1CCCCC1. The Kier molecular flexibility index (Phi) is 5.89. The fraction of sp³-hybridized carbons (Fsp3) is 0.529. The van der Waals surface area contributed by atoms with E-state index in [2.05, 4.69) is 10.8 Å². The molecule has 0 heterocycles. The molecule has 0 spiro atoms. The number of rotatable bonds is 6. The van der Waals surface area contributed by atoms with Gasteiger partial charge in [0, 0.05) is 11.3 Å². The molecule has 1 fully saturated rings. The molecule has 0 radical (unpaired) electrons. The maximum atomic E-state index is 11.3. The number of ether oxygens (including phenoxy) is 1. The lowest BCUT2D eigenvalue weighted by atomic mass is 9.87. The number of allylic oxidation sites excluding steroid dienone is 1. The molecule has 5 heteroatoms. The molecular formula is C17H25NO3S. The third-order valence-corrected chi connectivity index (χ3v) is 4.63. The molecule has 0 unspecified atom stereocenters. The molecule has 1 N–H and O–H groups in total. The molecule has 0 aromatic heterocycles. The molecule has 0 atom stereocenters.